The van der Waals surface area contributed by atoms with E-state index in [0.717, 1.165) is 17.7 Å². The summed E-state index contributed by atoms with van der Waals surface area (Å²) in [6, 6.07) is 4.18. The van der Waals surface area contributed by atoms with Crippen molar-refractivity contribution < 1.29 is 0 Å². The third-order valence-electron chi connectivity index (χ3n) is 2.42. The van der Waals surface area contributed by atoms with Crippen LogP contribution in [-0.4, -0.2) is 14.9 Å². The molecule has 16 heavy (non-hydrogen) atoms. The molecule has 2 aromatic rings. The van der Waals surface area contributed by atoms with Crippen molar-refractivity contribution >= 4 is 27.3 Å². The fraction of sp³-hybridized carbons (Fsp3) is 0.417. The summed E-state index contributed by atoms with van der Waals surface area (Å²) in [5, 5.41) is 3.08. The van der Waals surface area contributed by atoms with Crippen molar-refractivity contribution in [2.24, 2.45) is 5.41 Å². The molecule has 0 spiro atoms. The number of rotatable bonds is 4. The van der Waals surface area contributed by atoms with Crippen LogP contribution in [0.1, 0.15) is 13.8 Å². The van der Waals surface area contributed by atoms with Gasteiger partial charge in [0.25, 0.3) is 0 Å². The van der Waals surface area contributed by atoms with Crippen molar-refractivity contribution in [3.05, 3.63) is 29.9 Å². The van der Waals surface area contributed by atoms with Crippen molar-refractivity contribution in [2.75, 3.05) is 5.33 Å². The Labute approximate surface area is 108 Å². The first-order valence-corrected chi connectivity index (χ1v) is 7.23. The minimum Gasteiger partial charge on any atom is -0.330 e. The van der Waals surface area contributed by atoms with E-state index in [0.29, 0.717) is 0 Å². The van der Waals surface area contributed by atoms with Crippen LogP contribution in [0.4, 0.5) is 0 Å². The minimum absolute atomic E-state index is 0.243. The van der Waals surface area contributed by atoms with Crippen LogP contribution in [0.5, 0.6) is 0 Å². The molecule has 0 fully saturated rings. The number of nitrogens with zero attached hydrogens (tertiary/aromatic N) is 2. The molecule has 0 amide bonds. The topological polar surface area (TPSA) is 17.8 Å². The van der Waals surface area contributed by atoms with Crippen LogP contribution in [0.15, 0.2) is 29.9 Å². The molecule has 2 rings (SSSR count). The van der Waals surface area contributed by atoms with Crippen molar-refractivity contribution in [1.29, 1.82) is 0 Å². The van der Waals surface area contributed by atoms with Gasteiger partial charge in [-0.3, -0.25) is 0 Å². The van der Waals surface area contributed by atoms with Crippen molar-refractivity contribution in [3.63, 3.8) is 0 Å². The lowest BCUT2D eigenvalue weighted by molar-refractivity contribution is 0.356. The molecule has 0 unspecified atom stereocenters. The summed E-state index contributed by atoms with van der Waals surface area (Å²) >= 11 is 5.29. The van der Waals surface area contributed by atoms with Crippen LogP contribution in [0.3, 0.4) is 0 Å². The van der Waals surface area contributed by atoms with Crippen LogP contribution in [0, 0.1) is 5.41 Å². The van der Waals surface area contributed by atoms with Crippen molar-refractivity contribution in [3.8, 4) is 10.7 Å². The van der Waals surface area contributed by atoms with E-state index in [4.69, 9.17) is 0 Å². The normalized spacial score (nSPS) is 11.9. The highest BCUT2D eigenvalue weighted by atomic mass is 79.9. The summed E-state index contributed by atoms with van der Waals surface area (Å²) in [5.41, 5.74) is 0.243. The van der Waals surface area contributed by atoms with Gasteiger partial charge in [-0.25, -0.2) is 4.98 Å². The Morgan fingerprint density at radius 3 is 2.94 bits per heavy atom. The van der Waals surface area contributed by atoms with Crippen LogP contribution >= 0.6 is 27.3 Å². The van der Waals surface area contributed by atoms with Gasteiger partial charge >= 0.3 is 0 Å². The Bertz CT molecular complexity index is 445. The largest absolute Gasteiger partial charge is 0.330 e. The summed E-state index contributed by atoms with van der Waals surface area (Å²) in [7, 11) is 0. The molecule has 4 heteroatoms. The second-order valence-electron chi connectivity index (χ2n) is 4.65. The summed E-state index contributed by atoms with van der Waals surface area (Å²) in [4.78, 5) is 5.67. The van der Waals surface area contributed by atoms with E-state index >= 15 is 0 Å². The Hall–Kier alpha value is -0.610. The fourth-order valence-electron chi connectivity index (χ4n) is 1.57. The molecular weight excluding hydrogens is 284 g/mol. The molecule has 2 heterocycles. The van der Waals surface area contributed by atoms with Gasteiger partial charge in [-0.15, -0.1) is 11.3 Å². The third kappa shape index (κ3) is 2.55. The SMILES string of the molecule is CC(C)(CBr)Cn1ccnc1-c1cccs1. The van der Waals surface area contributed by atoms with Gasteiger partial charge in [0.2, 0.25) is 0 Å². The first-order chi connectivity index (χ1) is 7.62. The number of halogens is 1. The van der Waals surface area contributed by atoms with E-state index in [1.807, 2.05) is 6.20 Å². The maximum Gasteiger partial charge on any atom is 0.150 e. The number of thiophene rings is 1. The van der Waals surface area contributed by atoms with Gasteiger partial charge in [0, 0.05) is 24.3 Å². The van der Waals surface area contributed by atoms with Gasteiger partial charge in [-0.2, -0.15) is 0 Å². The smallest absolute Gasteiger partial charge is 0.150 e. The lowest BCUT2D eigenvalue weighted by Crippen LogP contribution is -2.21. The fourth-order valence-corrected chi connectivity index (χ4v) is 2.48. The van der Waals surface area contributed by atoms with Crippen molar-refractivity contribution in [2.45, 2.75) is 20.4 Å². The van der Waals surface area contributed by atoms with Crippen LogP contribution in [-0.2, 0) is 6.54 Å². The number of imidazole rings is 1. The van der Waals surface area contributed by atoms with Gasteiger partial charge in [0.05, 0.1) is 4.88 Å². The average molecular weight is 299 g/mol. The van der Waals surface area contributed by atoms with E-state index in [9.17, 15) is 0 Å². The van der Waals surface area contributed by atoms with E-state index in [1.54, 1.807) is 11.3 Å². The number of aromatic nitrogens is 2. The zero-order chi connectivity index (χ0) is 11.6. The van der Waals surface area contributed by atoms with Gasteiger partial charge < -0.3 is 4.57 Å². The molecule has 0 radical (unpaired) electrons. The summed E-state index contributed by atoms with van der Waals surface area (Å²) < 4.78 is 2.23. The molecular formula is C12H15BrN2S. The standard InChI is InChI=1S/C12H15BrN2S/c1-12(2,8-13)9-15-6-5-14-11(15)10-4-3-7-16-10/h3-7H,8-9H2,1-2H3. The van der Waals surface area contributed by atoms with Crippen molar-refractivity contribution in [1.82, 2.24) is 9.55 Å². The molecule has 0 bridgehead atoms. The molecule has 2 aromatic heterocycles. The highest BCUT2D eigenvalue weighted by Gasteiger charge is 2.19. The Morgan fingerprint density at radius 2 is 2.31 bits per heavy atom. The minimum atomic E-state index is 0.243. The second-order valence-corrected chi connectivity index (χ2v) is 6.16. The molecule has 86 valence electrons. The van der Waals surface area contributed by atoms with Crippen LogP contribution in [0.2, 0.25) is 0 Å². The average Bonchev–Trinajstić information content (AvgIpc) is 2.86. The maximum atomic E-state index is 4.44. The van der Waals surface area contributed by atoms with E-state index in [-0.39, 0.29) is 5.41 Å². The van der Waals surface area contributed by atoms with Crippen LogP contribution in [0.25, 0.3) is 10.7 Å². The van der Waals surface area contributed by atoms with Gasteiger partial charge in [-0.1, -0.05) is 35.8 Å². The molecule has 0 aromatic carbocycles. The van der Waals surface area contributed by atoms with E-state index in [2.05, 4.69) is 63.0 Å². The second kappa shape index (κ2) is 4.72. The zero-order valence-corrected chi connectivity index (χ0v) is 11.9. The zero-order valence-electron chi connectivity index (χ0n) is 9.48. The summed E-state index contributed by atoms with van der Waals surface area (Å²) in [6.45, 7) is 5.48. The first-order valence-electron chi connectivity index (χ1n) is 5.23. The van der Waals surface area contributed by atoms with Crippen LogP contribution < -0.4 is 0 Å². The number of alkyl halides is 1. The molecule has 2 nitrogen and oxygen atoms in total. The predicted molar refractivity (Wildman–Crippen MR) is 73.1 cm³/mol. The Morgan fingerprint density at radius 1 is 1.50 bits per heavy atom. The molecule has 0 aliphatic carbocycles. The first kappa shape index (κ1) is 11.9. The summed E-state index contributed by atoms with van der Waals surface area (Å²) in [5.74, 6) is 1.07. The lowest BCUT2D eigenvalue weighted by Gasteiger charge is -2.23. The van der Waals surface area contributed by atoms with Gasteiger partial charge in [0.1, 0.15) is 5.82 Å². The maximum absolute atomic E-state index is 4.44. The molecule has 0 aliphatic heterocycles. The number of hydrogen-bond donors (Lipinski definition) is 0. The monoisotopic (exact) mass is 298 g/mol. The number of hydrogen-bond acceptors (Lipinski definition) is 2. The Kier molecular flexibility index (Phi) is 3.50. The van der Waals surface area contributed by atoms with E-state index in [1.165, 1.54) is 4.88 Å². The van der Waals surface area contributed by atoms with Gasteiger partial charge in [0.15, 0.2) is 0 Å². The Balaban J connectivity index is 2.27. The van der Waals surface area contributed by atoms with Gasteiger partial charge in [-0.05, 0) is 16.9 Å². The molecule has 0 saturated carbocycles. The highest BCUT2D eigenvalue weighted by molar-refractivity contribution is 9.09. The highest BCUT2D eigenvalue weighted by Crippen LogP contribution is 2.27. The predicted octanol–water partition coefficient (Wildman–Crippen LogP) is 4.03. The third-order valence-corrected chi connectivity index (χ3v) is 4.80. The lowest BCUT2D eigenvalue weighted by atomic mass is 9.97. The summed E-state index contributed by atoms with van der Waals surface area (Å²) in [6.07, 6.45) is 3.93. The molecule has 0 N–H and O–H groups in total. The molecule has 0 atom stereocenters. The van der Waals surface area contributed by atoms with E-state index < -0.39 is 0 Å². The molecule has 0 aliphatic rings. The molecule has 0 saturated heterocycles. The quantitative estimate of drug-likeness (QED) is 0.779.